The van der Waals surface area contributed by atoms with Crippen LogP contribution in [-0.2, 0) is 10.0 Å². The molecule has 0 aromatic heterocycles. The summed E-state index contributed by atoms with van der Waals surface area (Å²) in [7, 11) is -3.18. The average molecular weight is 356 g/mol. The molecule has 0 unspecified atom stereocenters. The van der Waals surface area contributed by atoms with E-state index in [2.05, 4.69) is 0 Å². The first-order valence-corrected chi connectivity index (χ1v) is 9.94. The van der Waals surface area contributed by atoms with Crippen LogP contribution >= 0.6 is 0 Å². The molecular formula is C17H25FN2O3S. The van der Waals surface area contributed by atoms with Crippen molar-refractivity contribution in [3.05, 3.63) is 35.1 Å². The number of carbonyl (C=O) groups is 1. The highest BCUT2D eigenvalue weighted by Gasteiger charge is 2.27. The quantitative estimate of drug-likeness (QED) is 0.702. The second-order valence-electron chi connectivity index (χ2n) is 6.23. The maximum Gasteiger partial charge on any atom is 0.214 e. The lowest BCUT2D eigenvalue weighted by Crippen LogP contribution is -2.50. The average Bonchev–Trinajstić information content (AvgIpc) is 2.56. The highest BCUT2D eigenvalue weighted by Crippen LogP contribution is 2.13. The number of hydrogen-bond donors (Lipinski definition) is 0. The molecule has 7 heteroatoms. The number of unbranched alkanes of at least 4 members (excludes halogenated alkanes) is 1. The van der Waals surface area contributed by atoms with Crippen molar-refractivity contribution in [1.82, 2.24) is 9.21 Å². The molecule has 1 aromatic rings. The Kier molecular flexibility index (Phi) is 6.48. The fourth-order valence-corrected chi connectivity index (χ4v) is 4.37. The van der Waals surface area contributed by atoms with E-state index in [0.717, 1.165) is 6.42 Å². The summed E-state index contributed by atoms with van der Waals surface area (Å²) in [6.45, 7) is 5.74. The van der Waals surface area contributed by atoms with Crippen molar-refractivity contribution in [3.8, 4) is 0 Å². The van der Waals surface area contributed by atoms with E-state index in [1.54, 1.807) is 13.0 Å². The molecule has 0 bridgehead atoms. The van der Waals surface area contributed by atoms with E-state index in [1.807, 2.05) is 11.8 Å². The molecule has 1 fully saturated rings. The predicted molar refractivity (Wildman–Crippen MR) is 92.2 cm³/mol. The van der Waals surface area contributed by atoms with Crippen LogP contribution in [0.2, 0.25) is 0 Å². The summed E-state index contributed by atoms with van der Waals surface area (Å²) in [6.07, 6.45) is 1.52. The van der Waals surface area contributed by atoms with Crippen LogP contribution < -0.4 is 0 Å². The molecule has 0 spiro atoms. The van der Waals surface area contributed by atoms with Gasteiger partial charge in [0.25, 0.3) is 0 Å². The summed E-state index contributed by atoms with van der Waals surface area (Å²) in [6, 6.07) is 4.36. The molecule has 0 radical (unpaired) electrons. The van der Waals surface area contributed by atoms with Crippen molar-refractivity contribution in [3.63, 3.8) is 0 Å². The van der Waals surface area contributed by atoms with Crippen molar-refractivity contribution < 1.29 is 17.6 Å². The third kappa shape index (κ3) is 4.84. The van der Waals surface area contributed by atoms with Crippen LogP contribution in [0.15, 0.2) is 18.2 Å². The number of benzene rings is 1. The number of ketones is 1. The molecule has 1 heterocycles. The third-order valence-corrected chi connectivity index (χ3v) is 6.28. The Labute approximate surface area is 143 Å². The van der Waals surface area contributed by atoms with Gasteiger partial charge in [-0.05, 0) is 37.1 Å². The Morgan fingerprint density at radius 1 is 1.21 bits per heavy atom. The number of carbonyl (C=O) groups excluding carboxylic acids is 1. The Morgan fingerprint density at radius 3 is 2.46 bits per heavy atom. The van der Waals surface area contributed by atoms with E-state index in [-0.39, 0.29) is 23.9 Å². The van der Waals surface area contributed by atoms with Crippen molar-refractivity contribution in [2.45, 2.75) is 26.7 Å². The molecular weight excluding hydrogens is 331 g/mol. The van der Waals surface area contributed by atoms with Gasteiger partial charge < -0.3 is 0 Å². The molecule has 0 atom stereocenters. The highest BCUT2D eigenvalue weighted by atomic mass is 32.2. The molecule has 5 nitrogen and oxygen atoms in total. The summed E-state index contributed by atoms with van der Waals surface area (Å²) in [5, 5.41) is 0. The van der Waals surface area contributed by atoms with Crippen LogP contribution in [0.4, 0.5) is 4.39 Å². The van der Waals surface area contributed by atoms with Gasteiger partial charge in [0.15, 0.2) is 5.78 Å². The number of piperazine rings is 1. The second-order valence-corrected chi connectivity index (χ2v) is 8.32. The van der Waals surface area contributed by atoms with Gasteiger partial charge in [0, 0.05) is 31.7 Å². The second kappa shape index (κ2) is 8.18. The number of halogens is 1. The largest absolute Gasteiger partial charge is 0.293 e. The van der Waals surface area contributed by atoms with E-state index < -0.39 is 10.0 Å². The van der Waals surface area contributed by atoms with Crippen LogP contribution in [0.3, 0.4) is 0 Å². The van der Waals surface area contributed by atoms with E-state index in [9.17, 15) is 17.6 Å². The zero-order chi connectivity index (χ0) is 17.7. The first kappa shape index (κ1) is 19.0. The topological polar surface area (TPSA) is 57.7 Å². The van der Waals surface area contributed by atoms with Gasteiger partial charge in [-0.3, -0.25) is 9.69 Å². The number of nitrogens with zero attached hydrogens (tertiary/aromatic N) is 2. The van der Waals surface area contributed by atoms with Gasteiger partial charge >= 0.3 is 0 Å². The van der Waals surface area contributed by atoms with Crippen LogP contribution in [0.1, 0.15) is 35.7 Å². The monoisotopic (exact) mass is 356 g/mol. The molecule has 134 valence electrons. The third-order valence-electron chi connectivity index (χ3n) is 4.33. The molecule has 1 aliphatic heterocycles. The highest BCUT2D eigenvalue weighted by molar-refractivity contribution is 7.89. The lowest BCUT2D eigenvalue weighted by Gasteiger charge is -2.33. The van der Waals surface area contributed by atoms with Gasteiger partial charge in [0.1, 0.15) is 5.82 Å². The lowest BCUT2D eigenvalue weighted by atomic mass is 10.1. The molecule has 0 saturated carbocycles. The molecule has 0 N–H and O–H groups in total. The Hall–Kier alpha value is -1.31. The minimum Gasteiger partial charge on any atom is -0.293 e. The van der Waals surface area contributed by atoms with Gasteiger partial charge in [0.05, 0.1) is 12.3 Å². The fourth-order valence-electron chi connectivity index (χ4n) is 2.73. The summed E-state index contributed by atoms with van der Waals surface area (Å²) in [4.78, 5) is 14.3. The molecule has 0 amide bonds. The fraction of sp³-hybridized carbons (Fsp3) is 0.588. The molecule has 0 aliphatic carbocycles. The lowest BCUT2D eigenvalue weighted by molar-refractivity contribution is 0.0901. The zero-order valence-corrected chi connectivity index (χ0v) is 15.1. The first-order chi connectivity index (χ1) is 11.3. The van der Waals surface area contributed by atoms with Gasteiger partial charge in [-0.25, -0.2) is 12.8 Å². The predicted octanol–water partition coefficient (Wildman–Crippen LogP) is 2.06. The number of sulfonamides is 1. The molecule has 2 rings (SSSR count). The molecule has 1 saturated heterocycles. The molecule has 1 aliphatic rings. The molecule has 1 aromatic carbocycles. The van der Waals surface area contributed by atoms with Crippen LogP contribution in [0.5, 0.6) is 0 Å². The van der Waals surface area contributed by atoms with Crippen LogP contribution in [-0.4, -0.2) is 61.9 Å². The Bertz CT molecular complexity index is 683. The van der Waals surface area contributed by atoms with Gasteiger partial charge in [-0.1, -0.05) is 13.3 Å². The van der Waals surface area contributed by atoms with Crippen molar-refractivity contribution in [1.29, 1.82) is 0 Å². The Balaban J connectivity index is 1.88. The van der Waals surface area contributed by atoms with E-state index >= 15 is 0 Å². The van der Waals surface area contributed by atoms with Crippen molar-refractivity contribution in [2.75, 3.05) is 38.5 Å². The minimum absolute atomic E-state index is 0.0691. The zero-order valence-electron chi connectivity index (χ0n) is 14.3. The normalized spacial score (nSPS) is 17.1. The van der Waals surface area contributed by atoms with Gasteiger partial charge in [-0.2, -0.15) is 4.31 Å². The summed E-state index contributed by atoms with van der Waals surface area (Å²) in [5.41, 5.74) is 0.944. The summed E-state index contributed by atoms with van der Waals surface area (Å²) < 4.78 is 39.1. The maximum atomic E-state index is 13.3. The number of rotatable bonds is 7. The first-order valence-electron chi connectivity index (χ1n) is 8.33. The SMILES string of the molecule is CCCCS(=O)(=O)N1CCN(CC(=O)c2ccc(F)c(C)c2)CC1. The summed E-state index contributed by atoms with van der Waals surface area (Å²) >= 11 is 0. The number of aryl methyl sites for hydroxylation is 1. The van der Waals surface area contributed by atoms with Crippen LogP contribution in [0, 0.1) is 12.7 Å². The van der Waals surface area contributed by atoms with Gasteiger partial charge in [0.2, 0.25) is 10.0 Å². The van der Waals surface area contributed by atoms with Crippen molar-refractivity contribution >= 4 is 15.8 Å². The van der Waals surface area contributed by atoms with E-state index in [1.165, 1.54) is 16.4 Å². The smallest absolute Gasteiger partial charge is 0.214 e. The van der Waals surface area contributed by atoms with E-state index in [4.69, 9.17) is 0 Å². The van der Waals surface area contributed by atoms with E-state index in [0.29, 0.717) is 43.7 Å². The summed E-state index contributed by atoms with van der Waals surface area (Å²) in [5.74, 6) is -0.199. The van der Waals surface area contributed by atoms with Crippen LogP contribution in [0.25, 0.3) is 0 Å². The number of Topliss-reactive ketones (excluding diaryl/α,β-unsaturated/α-hetero) is 1. The standard InChI is InChI=1S/C17H25FN2O3S/c1-3-4-11-24(22,23)20-9-7-19(8-10-20)13-17(21)15-5-6-16(18)14(2)12-15/h5-6,12H,3-4,7-11,13H2,1-2H3. The molecule has 24 heavy (non-hydrogen) atoms. The van der Waals surface area contributed by atoms with Gasteiger partial charge in [-0.15, -0.1) is 0 Å². The maximum absolute atomic E-state index is 13.3. The Morgan fingerprint density at radius 2 is 1.88 bits per heavy atom. The van der Waals surface area contributed by atoms with Crippen molar-refractivity contribution in [2.24, 2.45) is 0 Å². The minimum atomic E-state index is -3.18. The number of hydrogen-bond acceptors (Lipinski definition) is 4.